The average molecular weight is 397 g/mol. The summed E-state index contributed by atoms with van der Waals surface area (Å²) in [6, 6.07) is 1.39. The monoisotopic (exact) mass is 397 g/mol. The quantitative estimate of drug-likeness (QED) is 0.662. The maximum Gasteiger partial charge on any atom is 0.326 e. The molecular formula is C18H24FN3O4S. The first-order valence-electron chi connectivity index (χ1n) is 9.01. The number of benzene rings is 1. The number of aryl methyl sites for hydroxylation is 1. The number of halogens is 1. The van der Waals surface area contributed by atoms with E-state index in [1.165, 1.54) is 6.07 Å². The highest BCUT2D eigenvalue weighted by Gasteiger charge is 2.39. The minimum absolute atomic E-state index is 0.102. The van der Waals surface area contributed by atoms with E-state index in [0.29, 0.717) is 52.7 Å². The third-order valence-corrected chi connectivity index (χ3v) is 6.37. The molecule has 2 aliphatic rings. The Morgan fingerprint density at radius 2 is 2.19 bits per heavy atom. The first kappa shape index (κ1) is 19.6. The third-order valence-electron chi connectivity index (χ3n) is 4.99. The average Bonchev–Trinajstić information content (AvgIpc) is 2.79. The molecule has 1 aliphatic carbocycles. The van der Waals surface area contributed by atoms with Crippen molar-refractivity contribution in [3.63, 3.8) is 0 Å². The number of phenols is 1. The zero-order valence-electron chi connectivity index (χ0n) is 15.4. The van der Waals surface area contributed by atoms with Crippen molar-refractivity contribution in [3.05, 3.63) is 23.0 Å². The van der Waals surface area contributed by atoms with Crippen molar-refractivity contribution in [2.45, 2.75) is 46.0 Å². The SMILES string of the molecule is CC(C)CC(=N)CC1CCc2cc(O)c(N3CC(=O)NS3(=O)=O)c(F)c2C1. The minimum atomic E-state index is -4.21. The molecule has 3 N–H and O–H groups in total. The van der Waals surface area contributed by atoms with Crippen LogP contribution in [0.4, 0.5) is 10.1 Å². The summed E-state index contributed by atoms with van der Waals surface area (Å²) in [5, 5.41) is 18.3. The summed E-state index contributed by atoms with van der Waals surface area (Å²) in [4.78, 5) is 11.5. The van der Waals surface area contributed by atoms with Gasteiger partial charge in [-0.2, -0.15) is 8.42 Å². The van der Waals surface area contributed by atoms with Gasteiger partial charge in [0.2, 0.25) is 0 Å². The van der Waals surface area contributed by atoms with Crippen molar-refractivity contribution in [1.82, 2.24) is 4.72 Å². The Bertz CT molecular complexity index is 898. The molecule has 0 saturated carbocycles. The van der Waals surface area contributed by atoms with Gasteiger partial charge in [-0.1, -0.05) is 13.8 Å². The lowest BCUT2D eigenvalue weighted by molar-refractivity contribution is -0.117. The van der Waals surface area contributed by atoms with Crippen molar-refractivity contribution in [1.29, 1.82) is 5.41 Å². The lowest BCUT2D eigenvalue weighted by atomic mass is 9.80. The van der Waals surface area contributed by atoms with Crippen LogP contribution in [0.25, 0.3) is 0 Å². The smallest absolute Gasteiger partial charge is 0.326 e. The number of hydrogen-bond donors (Lipinski definition) is 3. The van der Waals surface area contributed by atoms with Crippen LogP contribution >= 0.6 is 0 Å². The maximum atomic E-state index is 15.2. The lowest BCUT2D eigenvalue weighted by Crippen LogP contribution is -2.31. The highest BCUT2D eigenvalue weighted by molar-refractivity contribution is 7.92. The highest BCUT2D eigenvalue weighted by atomic mass is 32.2. The molecule has 1 fully saturated rings. The summed E-state index contributed by atoms with van der Waals surface area (Å²) in [6.45, 7) is 3.53. The van der Waals surface area contributed by atoms with Crippen molar-refractivity contribution < 1.29 is 22.7 Å². The molecule has 7 nitrogen and oxygen atoms in total. The number of carbonyl (C=O) groups is 1. The van der Waals surface area contributed by atoms with E-state index < -0.39 is 39.9 Å². The summed E-state index contributed by atoms with van der Waals surface area (Å²) < 4.78 is 41.6. The van der Waals surface area contributed by atoms with E-state index in [0.717, 1.165) is 6.42 Å². The van der Waals surface area contributed by atoms with Gasteiger partial charge in [0.25, 0.3) is 5.91 Å². The van der Waals surface area contributed by atoms with Crippen LogP contribution in [0, 0.1) is 23.1 Å². The second kappa shape index (κ2) is 7.10. The zero-order valence-corrected chi connectivity index (χ0v) is 16.2. The fourth-order valence-corrected chi connectivity index (χ4v) is 5.06. The number of phenolic OH excluding ortho intramolecular Hbond substituents is 1. The molecule has 0 aromatic heterocycles. The van der Waals surface area contributed by atoms with Crippen molar-refractivity contribution in [3.8, 4) is 5.75 Å². The van der Waals surface area contributed by atoms with Crippen molar-refractivity contribution >= 4 is 27.5 Å². The minimum Gasteiger partial charge on any atom is -0.506 e. The summed E-state index contributed by atoms with van der Waals surface area (Å²) in [5.41, 5.74) is 1.17. The van der Waals surface area contributed by atoms with Gasteiger partial charge in [-0.25, -0.2) is 13.4 Å². The number of amides is 1. The van der Waals surface area contributed by atoms with Crippen LogP contribution in [0.5, 0.6) is 5.75 Å². The Morgan fingerprint density at radius 3 is 2.78 bits per heavy atom. The number of nitrogens with zero attached hydrogens (tertiary/aromatic N) is 1. The van der Waals surface area contributed by atoms with Gasteiger partial charge in [-0.05, 0) is 61.1 Å². The van der Waals surface area contributed by atoms with Gasteiger partial charge in [0, 0.05) is 5.71 Å². The summed E-state index contributed by atoms with van der Waals surface area (Å²) in [5.74, 6) is -1.57. The van der Waals surface area contributed by atoms with Crippen LogP contribution in [0.3, 0.4) is 0 Å². The van der Waals surface area contributed by atoms with Crippen molar-refractivity contribution in [2.75, 3.05) is 10.8 Å². The second-order valence-corrected chi connectivity index (χ2v) is 9.34. The van der Waals surface area contributed by atoms with Gasteiger partial charge in [0.05, 0.1) is 0 Å². The molecule has 27 heavy (non-hydrogen) atoms. The number of aromatic hydroxyl groups is 1. The molecule has 1 saturated heterocycles. The first-order chi connectivity index (χ1) is 12.6. The molecule has 0 bridgehead atoms. The number of anilines is 1. The van der Waals surface area contributed by atoms with E-state index in [9.17, 15) is 18.3 Å². The highest BCUT2D eigenvalue weighted by Crippen LogP contribution is 2.41. The molecule has 1 aliphatic heterocycles. The second-order valence-electron chi connectivity index (χ2n) is 7.75. The normalized spacial score (nSPS) is 21.3. The fourth-order valence-electron chi connectivity index (χ4n) is 3.89. The van der Waals surface area contributed by atoms with Crippen LogP contribution in [0.1, 0.15) is 44.2 Å². The molecule has 1 heterocycles. The van der Waals surface area contributed by atoms with Crippen LogP contribution in [0.15, 0.2) is 6.07 Å². The Morgan fingerprint density at radius 1 is 1.48 bits per heavy atom. The van der Waals surface area contributed by atoms with Crippen LogP contribution in [-0.2, 0) is 27.8 Å². The number of hydrogen-bond acceptors (Lipinski definition) is 5. The van der Waals surface area contributed by atoms with E-state index in [1.54, 1.807) is 4.72 Å². The first-order valence-corrected chi connectivity index (χ1v) is 10.4. The third kappa shape index (κ3) is 3.92. The number of fused-ring (bicyclic) bond motifs is 1. The summed E-state index contributed by atoms with van der Waals surface area (Å²) >= 11 is 0. The van der Waals surface area contributed by atoms with E-state index >= 15 is 4.39 Å². The summed E-state index contributed by atoms with van der Waals surface area (Å²) in [7, 11) is -4.21. The topological polar surface area (TPSA) is 111 Å². The molecule has 9 heteroatoms. The predicted molar refractivity (Wildman–Crippen MR) is 99.8 cm³/mol. The molecule has 0 spiro atoms. The van der Waals surface area contributed by atoms with Crippen LogP contribution in [-0.4, -0.2) is 31.7 Å². The lowest BCUT2D eigenvalue weighted by Gasteiger charge is -2.28. The zero-order chi connectivity index (χ0) is 19.9. The van der Waals surface area contributed by atoms with Gasteiger partial charge in [-0.3, -0.25) is 4.79 Å². The Balaban J connectivity index is 1.90. The largest absolute Gasteiger partial charge is 0.506 e. The fraction of sp³-hybridized carbons (Fsp3) is 0.556. The van der Waals surface area contributed by atoms with Gasteiger partial charge in [-0.15, -0.1) is 0 Å². The number of carbonyl (C=O) groups excluding carboxylic acids is 1. The van der Waals surface area contributed by atoms with Crippen LogP contribution in [0.2, 0.25) is 0 Å². The standard InChI is InChI=1S/C18H24FN3O4S/c1-10(2)5-13(20)6-11-3-4-12-8-15(23)18(17(19)14(12)7-11)22-9-16(24)21-27(22,25)26/h8,10-11,20,23H,3-7,9H2,1-2H3,(H,21,24). The van der Waals surface area contributed by atoms with E-state index in [4.69, 9.17) is 5.41 Å². The van der Waals surface area contributed by atoms with Crippen molar-refractivity contribution in [2.24, 2.45) is 11.8 Å². The van der Waals surface area contributed by atoms with E-state index in [2.05, 4.69) is 0 Å². The molecule has 1 aromatic rings. The van der Waals surface area contributed by atoms with Gasteiger partial charge in [0.1, 0.15) is 18.0 Å². The Labute approximate surface area is 158 Å². The van der Waals surface area contributed by atoms with E-state index in [1.807, 2.05) is 13.8 Å². The van der Waals surface area contributed by atoms with Crippen LogP contribution < -0.4 is 9.03 Å². The molecule has 1 unspecified atom stereocenters. The molecule has 1 atom stereocenters. The molecular weight excluding hydrogens is 373 g/mol. The summed E-state index contributed by atoms with van der Waals surface area (Å²) in [6.07, 6.45) is 3.00. The number of nitrogens with one attached hydrogen (secondary N) is 2. The van der Waals surface area contributed by atoms with Gasteiger partial charge in [0.15, 0.2) is 5.82 Å². The predicted octanol–water partition coefficient (Wildman–Crippen LogP) is 2.27. The molecule has 1 amide bonds. The Hall–Kier alpha value is -2.16. The molecule has 3 rings (SSSR count). The Kier molecular flexibility index (Phi) is 5.16. The maximum absolute atomic E-state index is 15.2. The van der Waals surface area contributed by atoms with Gasteiger partial charge >= 0.3 is 10.2 Å². The molecule has 0 radical (unpaired) electrons. The van der Waals surface area contributed by atoms with E-state index in [-0.39, 0.29) is 5.92 Å². The number of rotatable bonds is 5. The molecule has 148 valence electrons. The van der Waals surface area contributed by atoms with Gasteiger partial charge < -0.3 is 10.5 Å². The molecule has 1 aromatic carbocycles.